The first-order chi connectivity index (χ1) is 8.43. The number of likely N-dealkylation sites (N-methyl/N-ethyl adjacent to an activating group) is 1. The summed E-state index contributed by atoms with van der Waals surface area (Å²) in [5.41, 5.74) is 9.96. The lowest BCUT2D eigenvalue weighted by Crippen LogP contribution is -2.34. The lowest BCUT2D eigenvalue weighted by molar-refractivity contribution is 0.156. The van der Waals surface area contributed by atoms with E-state index in [4.69, 9.17) is 10.8 Å². The van der Waals surface area contributed by atoms with Crippen LogP contribution in [-0.2, 0) is 0 Å². The third-order valence-electron chi connectivity index (χ3n) is 3.48. The Morgan fingerprint density at radius 3 is 2.28 bits per heavy atom. The average molecular weight is 250 g/mol. The molecule has 1 rings (SSSR count). The van der Waals surface area contributed by atoms with Crippen molar-refractivity contribution < 1.29 is 5.11 Å². The maximum Gasteiger partial charge on any atom is 0.0584 e. The van der Waals surface area contributed by atoms with E-state index in [0.717, 1.165) is 13.0 Å². The van der Waals surface area contributed by atoms with Crippen molar-refractivity contribution in [3.05, 3.63) is 34.9 Å². The van der Waals surface area contributed by atoms with E-state index >= 15 is 0 Å². The van der Waals surface area contributed by atoms with Gasteiger partial charge in [0.25, 0.3) is 0 Å². The van der Waals surface area contributed by atoms with Gasteiger partial charge in [-0.05, 0) is 39.8 Å². The van der Waals surface area contributed by atoms with Crippen molar-refractivity contribution in [1.82, 2.24) is 4.90 Å². The highest BCUT2D eigenvalue weighted by atomic mass is 16.3. The molecule has 3 nitrogen and oxygen atoms in total. The first-order valence-electron chi connectivity index (χ1n) is 6.59. The molecule has 102 valence electrons. The molecule has 3 N–H and O–H groups in total. The fourth-order valence-electron chi connectivity index (χ4n) is 2.09. The molecule has 0 aliphatic rings. The largest absolute Gasteiger partial charge is 0.395 e. The van der Waals surface area contributed by atoms with Crippen LogP contribution in [0.3, 0.4) is 0 Å². The molecule has 1 aromatic carbocycles. The molecule has 18 heavy (non-hydrogen) atoms. The second kappa shape index (κ2) is 6.88. The van der Waals surface area contributed by atoms with Crippen LogP contribution >= 0.6 is 0 Å². The number of hydrogen-bond donors (Lipinski definition) is 2. The summed E-state index contributed by atoms with van der Waals surface area (Å²) in [4.78, 5) is 2.14. The zero-order valence-electron chi connectivity index (χ0n) is 12.0. The molecule has 2 atom stereocenters. The van der Waals surface area contributed by atoms with Crippen molar-refractivity contribution >= 4 is 0 Å². The lowest BCUT2D eigenvalue weighted by atomic mass is 9.99. The van der Waals surface area contributed by atoms with Gasteiger partial charge < -0.3 is 15.7 Å². The van der Waals surface area contributed by atoms with E-state index < -0.39 is 0 Å². The monoisotopic (exact) mass is 250 g/mol. The molecular formula is C15H26N2O. The minimum absolute atomic E-state index is 0.0666. The van der Waals surface area contributed by atoms with Crippen LogP contribution in [0, 0.1) is 13.8 Å². The lowest BCUT2D eigenvalue weighted by Gasteiger charge is -2.24. The first-order valence-corrected chi connectivity index (χ1v) is 6.59. The van der Waals surface area contributed by atoms with E-state index in [2.05, 4.69) is 36.9 Å². The number of aliphatic hydroxyl groups excluding tert-OH is 1. The van der Waals surface area contributed by atoms with Crippen LogP contribution in [0.25, 0.3) is 0 Å². The van der Waals surface area contributed by atoms with Crippen LogP contribution in [0.4, 0.5) is 0 Å². The standard InChI is InChI=1S/C15H26N2O/c1-11-7-12(2)9-14(8-11)15(16)5-6-17(4)13(3)10-18/h7-9,13,15,18H,5-6,10,16H2,1-4H3. The number of aryl methyl sites for hydroxylation is 2. The topological polar surface area (TPSA) is 49.5 Å². The Morgan fingerprint density at radius 1 is 1.22 bits per heavy atom. The molecule has 0 saturated carbocycles. The number of rotatable bonds is 6. The number of nitrogens with zero attached hydrogens (tertiary/aromatic N) is 1. The molecule has 0 heterocycles. The number of benzene rings is 1. The van der Waals surface area contributed by atoms with Gasteiger partial charge in [-0.25, -0.2) is 0 Å². The molecule has 0 spiro atoms. The van der Waals surface area contributed by atoms with Crippen LogP contribution in [0.1, 0.15) is 36.1 Å². The van der Waals surface area contributed by atoms with Crippen LogP contribution in [0.5, 0.6) is 0 Å². The summed E-state index contributed by atoms with van der Waals surface area (Å²) in [5.74, 6) is 0. The fraction of sp³-hybridized carbons (Fsp3) is 0.600. The van der Waals surface area contributed by atoms with Crippen molar-refractivity contribution in [3.8, 4) is 0 Å². The van der Waals surface area contributed by atoms with Gasteiger partial charge in [0, 0.05) is 18.6 Å². The molecule has 0 radical (unpaired) electrons. The Morgan fingerprint density at radius 2 is 1.78 bits per heavy atom. The Kier molecular flexibility index (Phi) is 5.79. The van der Waals surface area contributed by atoms with E-state index in [9.17, 15) is 0 Å². The van der Waals surface area contributed by atoms with Gasteiger partial charge in [-0.2, -0.15) is 0 Å². The predicted octanol–water partition coefficient (Wildman–Crippen LogP) is 2.01. The van der Waals surface area contributed by atoms with Crippen LogP contribution in [0.15, 0.2) is 18.2 Å². The molecule has 0 bridgehead atoms. The van der Waals surface area contributed by atoms with Gasteiger partial charge in [-0.3, -0.25) is 0 Å². The second-order valence-corrected chi connectivity index (χ2v) is 5.33. The van der Waals surface area contributed by atoms with Crippen molar-refractivity contribution in [2.75, 3.05) is 20.2 Å². The van der Waals surface area contributed by atoms with Gasteiger partial charge in [0.05, 0.1) is 6.61 Å². The Hall–Kier alpha value is -0.900. The summed E-state index contributed by atoms with van der Waals surface area (Å²) < 4.78 is 0. The minimum atomic E-state index is 0.0666. The zero-order chi connectivity index (χ0) is 13.7. The van der Waals surface area contributed by atoms with Gasteiger partial charge in [0.15, 0.2) is 0 Å². The second-order valence-electron chi connectivity index (χ2n) is 5.33. The van der Waals surface area contributed by atoms with E-state index in [1.807, 2.05) is 14.0 Å². The maximum atomic E-state index is 9.09. The first kappa shape index (κ1) is 15.2. The molecule has 2 unspecified atom stereocenters. The highest BCUT2D eigenvalue weighted by Crippen LogP contribution is 2.18. The normalized spacial score (nSPS) is 14.8. The van der Waals surface area contributed by atoms with Gasteiger partial charge >= 0.3 is 0 Å². The fourth-order valence-corrected chi connectivity index (χ4v) is 2.09. The summed E-state index contributed by atoms with van der Waals surface area (Å²) in [7, 11) is 2.02. The molecule has 0 fully saturated rings. The molecule has 0 aliphatic carbocycles. The molecule has 1 aromatic rings. The quantitative estimate of drug-likeness (QED) is 0.812. The molecule has 0 aliphatic heterocycles. The van der Waals surface area contributed by atoms with Gasteiger partial charge in [-0.15, -0.1) is 0 Å². The van der Waals surface area contributed by atoms with E-state index in [0.29, 0.717) is 0 Å². The maximum absolute atomic E-state index is 9.09. The van der Waals surface area contributed by atoms with Crippen LogP contribution in [-0.4, -0.2) is 36.2 Å². The smallest absolute Gasteiger partial charge is 0.0584 e. The van der Waals surface area contributed by atoms with Crippen molar-refractivity contribution in [3.63, 3.8) is 0 Å². The van der Waals surface area contributed by atoms with E-state index in [1.165, 1.54) is 16.7 Å². The van der Waals surface area contributed by atoms with Crippen LogP contribution < -0.4 is 5.73 Å². The van der Waals surface area contributed by atoms with Gasteiger partial charge in [0.2, 0.25) is 0 Å². The highest BCUT2D eigenvalue weighted by Gasteiger charge is 2.11. The SMILES string of the molecule is Cc1cc(C)cc(C(N)CCN(C)C(C)CO)c1. The third-order valence-corrected chi connectivity index (χ3v) is 3.48. The average Bonchev–Trinajstić information content (AvgIpc) is 2.33. The summed E-state index contributed by atoms with van der Waals surface area (Å²) >= 11 is 0. The summed E-state index contributed by atoms with van der Waals surface area (Å²) in [5, 5.41) is 9.09. The molecular weight excluding hydrogens is 224 g/mol. The molecule has 0 amide bonds. The highest BCUT2D eigenvalue weighted by molar-refractivity contribution is 5.30. The molecule has 0 aromatic heterocycles. The van der Waals surface area contributed by atoms with Crippen LogP contribution in [0.2, 0.25) is 0 Å². The number of nitrogens with two attached hydrogens (primary N) is 1. The van der Waals surface area contributed by atoms with E-state index in [-0.39, 0.29) is 18.7 Å². The molecule has 0 saturated heterocycles. The Labute approximate surface area is 111 Å². The number of aliphatic hydroxyl groups is 1. The van der Waals surface area contributed by atoms with Crippen molar-refractivity contribution in [2.24, 2.45) is 5.73 Å². The van der Waals surface area contributed by atoms with Crippen molar-refractivity contribution in [2.45, 2.75) is 39.3 Å². The minimum Gasteiger partial charge on any atom is -0.395 e. The summed E-state index contributed by atoms with van der Waals surface area (Å²) in [6, 6.07) is 6.74. The summed E-state index contributed by atoms with van der Waals surface area (Å²) in [6.07, 6.45) is 0.906. The summed E-state index contributed by atoms with van der Waals surface area (Å²) in [6.45, 7) is 7.31. The van der Waals surface area contributed by atoms with E-state index in [1.54, 1.807) is 0 Å². The number of hydrogen-bond acceptors (Lipinski definition) is 3. The predicted molar refractivity (Wildman–Crippen MR) is 76.6 cm³/mol. The Balaban J connectivity index is 2.57. The van der Waals surface area contributed by atoms with Crippen molar-refractivity contribution in [1.29, 1.82) is 0 Å². The Bertz CT molecular complexity index is 359. The van der Waals surface area contributed by atoms with Gasteiger partial charge in [-0.1, -0.05) is 29.3 Å². The zero-order valence-corrected chi connectivity index (χ0v) is 12.0. The molecule has 3 heteroatoms. The van der Waals surface area contributed by atoms with Gasteiger partial charge in [0.1, 0.15) is 0 Å². The third kappa shape index (κ3) is 4.41.